The van der Waals surface area contributed by atoms with Gasteiger partial charge in [0.2, 0.25) is 0 Å². The molecule has 0 saturated carbocycles. The molecule has 0 aliphatic heterocycles. The van der Waals surface area contributed by atoms with Gasteiger partial charge in [0.05, 0.1) is 6.61 Å². The number of alkyl halides is 2. The van der Waals surface area contributed by atoms with Crippen molar-refractivity contribution in [2.24, 2.45) is 0 Å². The molecule has 0 atom stereocenters. The summed E-state index contributed by atoms with van der Waals surface area (Å²) in [5.41, 5.74) is 1.79. The van der Waals surface area contributed by atoms with E-state index in [0.29, 0.717) is 18.3 Å². The van der Waals surface area contributed by atoms with E-state index in [2.05, 4.69) is 10.1 Å². The molecule has 2 rings (SSSR count). The van der Waals surface area contributed by atoms with E-state index in [-0.39, 0.29) is 5.75 Å². The average Bonchev–Trinajstić information content (AvgIpc) is 2.58. The minimum Gasteiger partial charge on any atom is -0.494 e. The topological polar surface area (TPSA) is 33.7 Å². The zero-order valence-corrected chi connectivity index (χ0v) is 14.9. The Morgan fingerprint density at radius 1 is 1.08 bits per heavy atom. The zero-order valence-electron chi connectivity index (χ0n) is 14.0. The molecule has 0 fully saturated rings. The van der Waals surface area contributed by atoms with Gasteiger partial charge in [0.25, 0.3) is 0 Å². The molecule has 7 heteroatoms. The normalized spacial score (nSPS) is 10.4. The van der Waals surface area contributed by atoms with Gasteiger partial charge in [-0.05, 0) is 61.1 Å². The van der Waals surface area contributed by atoms with Crippen LogP contribution in [0.5, 0.6) is 11.5 Å². The fourth-order valence-electron chi connectivity index (χ4n) is 2.14. The highest BCUT2D eigenvalue weighted by Crippen LogP contribution is 2.18. The second-order valence-electron chi connectivity index (χ2n) is 5.27. The number of thiocarbonyl (C=S) groups is 1. The van der Waals surface area contributed by atoms with E-state index in [1.807, 2.05) is 43.1 Å². The van der Waals surface area contributed by atoms with Crippen molar-refractivity contribution in [3.05, 3.63) is 54.1 Å². The number of ether oxygens (including phenoxy) is 2. The monoisotopic (exact) mass is 366 g/mol. The average molecular weight is 366 g/mol. The second kappa shape index (κ2) is 9.17. The highest BCUT2D eigenvalue weighted by Gasteiger charge is 2.08. The van der Waals surface area contributed by atoms with E-state index in [0.717, 1.165) is 17.0 Å². The number of nitrogens with zero attached hydrogens (tertiary/aromatic N) is 1. The van der Waals surface area contributed by atoms with Gasteiger partial charge in [-0.15, -0.1) is 0 Å². The number of hydrogen-bond donors (Lipinski definition) is 1. The lowest BCUT2D eigenvalue weighted by Crippen LogP contribution is -2.30. The summed E-state index contributed by atoms with van der Waals surface area (Å²) in [6.45, 7) is 0.273. The van der Waals surface area contributed by atoms with Crippen LogP contribution in [0.15, 0.2) is 48.5 Å². The molecule has 0 heterocycles. The molecule has 0 aromatic heterocycles. The number of benzene rings is 2. The Kier molecular flexibility index (Phi) is 6.94. The third kappa shape index (κ3) is 6.19. The largest absolute Gasteiger partial charge is 0.494 e. The Labute approximate surface area is 151 Å². The van der Waals surface area contributed by atoms with Crippen molar-refractivity contribution in [2.45, 2.75) is 20.1 Å². The van der Waals surface area contributed by atoms with Crippen LogP contribution in [0.1, 0.15) is 12.5 Å². The maximum atomic E-state index is 12.1. The Hall–Kier alpha value is -2.41. The minimum absolute atomic E-state index is 0.136. The van der Waals surface area contributed by atoms with Crippen LogP contribution in [0.2, 0.25) is 0 Å². The second-order valence-corrected chi connectivity index (χ2v) is 5.65. The van der Waals surface area contributed by atoms with Gasteiger partial charge in [-0.25, -0.2) is 0 Å². The molecule has 0 bridgehead atoms. The summed E-state index contributed by atoms with van der Waals surface area (Å²) in [4.78, 5) is 1.86. The van der Waals surface area contributed by atoms with E-state index >= 15 is 0 Å². The van der Waals surface area contributed by atoms with Crippen molar-refractivity contribution < 1.29 is 18.3 Å². The lowest BCUT2D eigenvalue weighted by molar-refractivity contribution is -0.0498. The van der Waals surface area contributed by atoms with Crippen molar-refractivity contribution in [1.29, 1.82) is 0 Å². The summed E-state index contributed by atoms with van der Waals surface area (Å²) in [5, 5.41) is 3.70. The number of rotatable bonds is 7. The van der Waals surface area contributed by atoms with E-state index in [1.165, 1.54) is 12.1 Å². The van der Waals surface area contributed by atoms with Gasteiger partial charge < -0.3 is 19.7 Å². The molecule has 0 aliphatic rings. The van der Waals surface area contributed by atoms with Gasteiger partial charge in [-0.2, -0.15) is 8.78 Å². The predicted molar refractivity (Wildman–Crippen MR) is 98.4 cm³/mol. The standard InChI is InChI=1S/C18H20F2N2O2S/c1-3-23-15-10-6-14(7-11-15)21-18(25)22(2)12-13-4-8-16(9-5-13)24-17(19)20/h4-11,17H,3,12H2,1-2H3,(H,21,25). The molecule has 0 saturated heterocycles. The minimum atomic E-state index is -2.82. The molecule has 0 radical (unpaired) electrons. The Morgan fingerprint density at radius 2 is 1.68 bits per heavy atom. The summed E-state index contributed by atoms with van der Waals surface area (Å²) < 4.78 is 34.0. The van der Waals surface area contributed by atoms with Crippen LogP contribution in [0.3, 0.4) is 0 Å². The van der Waals surface area contributed by atoms with Crippen molar-refractivity contribution in [3.8, 4) is 11.5 Å². The van der Waals surface area contributed by atoms with Crippen molar-refractivity contribution in [1.82, 2.24) is 4.90 Å². The third-order valence-electron chi connectivity index (χ3n) is 3.33. The molecule has 0 aliphatic carbocycles. The molecule has 25 heavy (non-hydrogen) atoms. The van der Waals surface area contributed by atoms with Crippen LogP contribution in [-0.4, -0.2) is 30.3 Å². The van der Waals surface area contributed by atoms with E-state index < -0.39 is 6.61 Å². The van der Waals surface area contributed by atoms with Gasteiger partial charge in [0.1, 0.15) is 11.5 Å². The number of nitrogens with one attached hydrogen (secondary N) is 1. The van der Waals surface area contributed by atoms with Crippen molar-refractivity contribution in [2.75, 3.05) is 19.0 Å². The van der Waals surface area contributed by atoms with Crippen LogP contribution in [0.4, 0.5) is 14.5 Å². The Bertz CT molecular complexity index is 678. The first-order chi connectivity index (χ1) is 12.0. The van der Waals surface area contributed by atoms with Gasteiger partial charge in [-0.3, -0.25) is 0 Å². The summed E-state index contributed by atoms with van der Waals surface area (Å²) in [7, 11) is 1.85. The third-order valence-corrected chi connectivity index (χ3v) is 3.75. The van der Waals surface area contributed by atoms with Crippen LogP contribution < -0.4 is 14.8 Å². The first-order valence-electron chi connectivity index (χ1n) is 7.76. The molecule has 0 unspecified atom stereocenters. The van der Waals surface area contributed by atoms with Crippen LogP contribution in [0, 0.1) is 0 Å². The van der Waals surface area contributed by atoms with E-state index in [1.54, 1.807) is 12.1 Å². The molecule has 2 aromatic carbocycles. The first kappa shape index (κ1) is 18.9. The first-order valence-corrected chi connectivity index (χ1v) is 8.17. The van der Waals surface area contributed by atoms with Gasteiger partial charge >= 0.3 is 6.61 Å². The smallest absolute Gasteiger partial charge is 0.387 e. The van der Waals surface area contributed by atoms with E-state index in [9.17, 15) is 8.78 Å². The molecule has 1 N–H and O–H groups in total. The molecule has 0 spiro atoms. The molecule has 2 aromatic rings. The lowest BCUT2D eigenvalue weighted by atomic mass is 10.2. The summed E-state index contributed by atoms with van der Waals surface area (Å²) in [5.74, 6) is 0.940. The van der Waals surface area contributed by atoms with E-state index in [4.69, 9.17) is 17.0 Å². The number of anilines is 1. The number of halogens is 2. The van der Waals surface area contributed by atoms with Crippen LogP contribution in [-0.2, 0) is 6.54 Å². The van der Waals surface area contributed by atoms with Crippen LogP contribution >= 0.6 is 12.2 Å². The van der Waals surface area contributed by atoms with Crippen LogP contribution in [0.25, 0.3) is 0 Å². The maximum Gasteiger partial charge on any atom is 0.387 e. The fraction of sp³-hybridized carbons (Fsp3) is 0.278. The molecular formula is C18H20F2N2O2S. The lowest BCUT2D eigenvalue weighted by Gasteiger charge is -2.21. The summed E-state index contributed by atoms with van der Waals surface area (Å²) >= 11 is 5.38. The fourth-order valence-corrected chi connectivity index (χ4v) is 2.32. The zero-order chi connectivity index (χ0) is 18.2. The summed E-state index contributed by atoms with van der Waals surface area (Å²) in [6.07, 6.45) is 0. The Morgan fingerprint density at radius 3 is 2.24 bits per heavy atom. The maximum absolute atomic E-state index is 12.1. The van der Waals surface area contributed by atoms with Gasteiger partial charge in [0.15, 0.2) is 5.11 Å². The summed E-state index contributed by atoms with van der Waals surface area (Å²) in [6, 6.07) is 14.0. The van der Waals surface area contributed by atoms with Gasteiger partial charge in [0, 0.05) is 19.3 Å². The van der Waals surface area contributed by atoms with Gasteiger partial charge in [-0.1, -0.05) is 12.1 Å². The molecule has 4 nitrogen and oxygen atoms in total. The highest BCUT2D eigenvalue weighted by atomic mass is 32.1. The van der Waals surface area contributed by atoms with Crippen molar-refractivity contribution >= 4 is 23.0 Å². The molecule has 0 amide bonds. The Balaban J connectivity index is 1.89. The quantitative estimate of drug-likeness (QED) is 0.729. The predicted octanol–water partition coefficient (Wildman–Crippen LogP) is 4.52. The van der Waals surface area contributed by atoms with Crippen molar-refractivity contribution in [3.63, 3.8) is 0 Å². The highest BCUT2D eigenvalue weighted by molar-refractivity contribution is 7.80. The molecular weight excluding hydrogens is 346 g/mol. The molecule has 134 valence electrons. The number of hydrogen-bond acceptors (Lipinski definition) is 3. The SMILES string of the molecule is CCOc1ccc(NC(=S)N(C)Cc2ccc(OC(F)F)cc2)cc1.